The zero-order valence-corrected chi connectivity index (χ0v) is 20.1. The maximum absolute atomic E-state index is 13.1. The van der Waals surface area contributed by atoms with E-state index in [9.17, 15) is 13.2 Å². The van der Waals surface area contributed by atoms with Gasteiger partial charge in [0.25, 0.3) is 0 Å². The second kappa shape index (κ2) is 10.9. The van der Waals surface area contributed by atoms with Gasteiger partial charge in [0, 0.05) is 13.1 Å². The zero-order chi connectivity index (χ0) is 21.7. The summed E-state index contributed by atoms with van der Waals surface area (Å²) in [5, 5.41) is 0.480. The van der Waals surface area contributed by atoms with Crippen molar-refractivity contribution in [1.29, 1.82) is 0 Å². The predicted molar refractivity (Wildman–Crippen MR) is 127 cm³/mol. The number of likely N-dealkylation sites (N-methyl/N-ethyl adjacent to an activating group) is 1. The van der Waals surface area contributed by atoms with Crippen molar-refractivity contribution in [2.75, 3.05) is 44.4 Å². The molecule has 0 bridgehead atoms. The predicted octanol–water partition coefficient (Wildman–Crippen LogP) is 3.49. The first kappa shape index (κ1) is 25.1. The molecule has 10 heteroatoms. The third-order valence-corrected chi connectivity index (χ3v) is 7.04. The Kier molecular flexibility index (Phi) is 8.81. The van der Waals surface area contributed by atoms with Gasteiger partial charge in [0.1, 0.15) is 11.5 Å². The summed E-state index contributed by atoms with van der Waals surface area (Å²) in [4.78, 5) is 21.2. The number of hydrogen-bond acceptors (Lipinski definition) is 7. The fourth-order valence-corrected chi connectivity index (χ4v) is 5.10. The Morgan fingerprint density at radius 3 is 2.45 bits per heavy atom. The lowest BCUT2D eigenvalue weighted by atomic mass is 10.3. The Balaban J connectivity index is 0.00000341. The number of ether oxygens (including phenoxy) is 1. The van der Waals surface area contributed by atoms with Crippen LogP contribution in [0.5, 0.6) is 5.75 Å². The summed E-state index contributed by atoms with van der Waals surface area (Å²) >= 11 is 1.35. The molecule has 0 atom stereocenters. The van der Waals surface area contributed by atoms with Gasteiger partial charge in [-0.2, -0.15) is 0 Å². The van der Waals surface area contributed by atoms with Crippen LogP contribution in [-0.4, -0.2) is 63.8 Å². The summed E-state index contributed by atoms with van der Waals surface area (Å²) in [6.45, 7) is 3.39. The van der Waals surface area contributed by atoms with E-state index >= 15 is 0 Å². The van der Waals surface area contributed by atoms with Crippen molar-refractivity contribution in [1.82, 2.24) is 9.88 Å². The average molecular weight is 484 g/mol. The molecule has 0 N–H and O–H groups in total. The van der Waals surface area contributed by atoms with Gasteiger partial charge in [0.05, 0.1) is 21.7 Å². The number of amides is 1. The Hall–Kier alpha value is -2.20. The summed E-state index contributed by atoms with van der Waals surface area (Å²) in [6.07, 6.45) is 0. The zero-order valence-electron chi connectivity index (χ0n) is 17.6. The van der Waals surface area contributed by atoms with Gasteiger partial charge in [-0.1, -0.05) is 29.5 Å². The van der Waals surface area contributed by atoms with Crippen molar-refractivity contribution in [3.05, 3.63) is 48.5 Å². The van der Waals surface area contributed by atoms with E-state index in [1.807, 2.05) is 44.1 Å². The van der Waals surface area contributed by atoms with Crippen molar-refractivity contribution in [3.8, 4) is 5.75 Å². The van der Waals surface area contributed by atoms with Crippen LogP contribution < -0.4 is 9.64 Å². The Morgan fingerprint density at radius 2 is 1.81 bits per heavy atom. The number of thiazole rings is 1. The van der Waals surface area contributed by atoms with Crippen molar-refractivity contribution in [2.45, 2.75) is 11.8 Å². The molecule has 3 rings (SSSR count). The lowest BCUT2D eigenvalue weighted by molar-refractivity contribution is -0.116. The fraction of sp³-hybridized carbons (Fsp3) is 0.333. The summed E-state index contributed by atoms with van der Waals surface area (Å²) in [5.41, 5.74) is 0.743. The van der Waals surface area contributed by atoms with E-state index in [-0.39, 0.29) is 17.3 Å². The first-order valence-electron chi connectivity index (χ1n) is 9.56. The molecule has 0 aliphatic rings. The number of halogens is 1. The van der Waals surface area contributed by atoms with E-state index in [0.717, 1.165) is 16.0 Å². The molecule has 1 heterocycles. The van der Waals surface area contributed by atoms with E-state index < -0.39 is 21.5 Å². The number of rotatable bonds is 9. The normalized spacial score (nSPS) is 11.4. The molecule has 0 saturated heterocycles. The Labute approximate surface area is 193 Å². The standard InChI is InChI=1S/C21H25N3O4S2.ClH/c1-4-28-16-10-11-18-19(14-16)29-21(22-18)24(13-12-23(2)3)20(25)15-30(26,27)17-8-6-5-7-9-17;/h5-11,14H,4,12-13,15H2,1-3H3;1H. The van der Waals surface area contributed by atoms with Gasteiger partial charge in [-0.05, 0) is 51.4 Å². The molecule has 7 nitrogen and oxygen atoms in total. The number of sulfone groups is 1. The monoisotopic (exact) mass is 483 g/mol. The molecule has 0 radical (unpaired) electrons. The number of fused-ring (bicyclic) bond motifs is 1. The van der Waals surface area contributed by atoms with Crippen molar-refractivity contribution in [3.63, 3.8) is 0 Å². The van der Waals surface area contributed by atoms with Crippen LogP contribution in [0.1, 0.15) is 6.92 Å². The number of carbonyl (C=O) groups is 1. The highest BCUT2D eigenvalue weighted by molar-refractivity contribution is 7.92. The Bertz CT molecular complexity index is 1120. The molecule has 0 unspecified atom stereocenters. The van der Waals surface area contributed by atoms with Crippen LogP contribution in [0.3, 0.4) is 0 Å². The van der Waals surface area contributed by atoms with Crippen molar-refractivity contribution in [2.24, 2.45) is 0 Å². The van der Waals surface area contributed by atoms with E-state index in [1.54, 1.807) is 18.2 Å². The first-order valence-corrected chi connectivity index (χ1v) is 12.0. The van der Waals surface area contributed by atoms with Gasteiger partial charge in [0.2, 0.25) is 5.91 Å². The van der Waals surface area contributed by atoms with E-state index in [0.29, 0.717) is 24.8 Å². The fourth-order valence-electron chi connectivity index (χ4n) is 2.84. The summed E-state index contributed by atoms with van der Waals surface area (Å²) in [7, 11) is 0.0546. The van der Waals surface area contributed by atoms with E-state index in [2.05, 4.69) is 4.98 Å². The van der Waals surface area contributed by atoms with Gasteiger partial charge >= 0.3 is 0 Å². The highest BCUT2D eigenvalue weighted by Gasteiger charge is 2.26. The molecule has 1 aromatic heterocycles. The third-order valence-electron chi connectivity index (χ3n) is 4.38. The molecule has 0 aliphatic heterocycles. The second-order valence-corrected chi connectivity index (χ2v) is 9.98. The molecular formula is C21H26ClN3O4S2. The molecule has 1 amide bonds. The van der Waals surface area contributed by atoms with Gasteiger partial charge < -0.3 is 9.64 Å². The average Bonchev–Trinajstić information content (AvgIpc) is 3.11. The highest BCUT2D eigenvalue weighted by Crippen LogP contribution is 2.32. The van der Waals surface area contributed by atoms with Gasteiger partial charge in [-0.3, -0.25) is 9.69 Å². The van der Waals surface area contributed by atoms with Gasteiger partial charge in [0.15, 0.2) is 15.0 Å². The lowest BCUT2D eigenvalue weighted by Crippen LogP contribution is -2.40. The number of nitrogens with zero attached hydrogens (tertiary/aromatic N) is 3. The maximum Gasteiger partial charge on any atom is 0.244 e. The SMILES string of the molecule is CCOc1ccc2nc(N(CCN(C)C)C(=O)CS(=O)(=O)c3ccccc3)sc2c1.Cl. The number of benzene rings is 2. The van der Waals surface area contributed by atoms with Crippen LogP contribution in [0.4, 0.5) is 5.13 Å². The smallest absolute Gasteiger partial charge is 0.244 e. The summed E-state index contributed by atoms with van der Waals surface area (Å²) in [6, 6.07) is 13.6. The van der Waals surface area contributed by atoms with E-state index in [4.69, 9.17) is 4.74 Å². The summed E-state index contributed by atoms with van der Waals surface area (Å²) in [5.74, 6) is -0.368. The molecule has 31 heavy (non-hydrogen) atoms. The molecule has 0 saturated carbocycles. The quantitative estimate of drug-likeness (QED) is 0.463. The molecule has 3 aromatic rings. The first-order chi connectivity index (χ1) is 14.3. The molecular weight excluding hydrogens is 458 g/mol. The van der Waals surface area contributed by atoms with Gasteiger partial charge in [-0.15, -0.1) is 12.4 Å². The summed E-state index contributed by atoms with van der Waals surface area (Å²) < 4.78 is 31.8. The molecule has 2 aromatic carbocycles. The largest absolute Gasteiger partial charge is 0.494 e. The topological polar surface area (TPSA) is 79.8 Å². The third kappa shape index (κ3) is 6.39. The Morgan fingerprint density at radius 1 is 1.10 bits per heavy atom. The minimum absolute atomic E-state index is 0. The van der Waals surface area contributed by atoms with Crippen LogP contribution in [-0.2, 0) is 14.6 Å². The molecule has 0 spiro atoms. The molecule has 0 aliphatic carbocycles. The molecule has 0 fully saturated rings. The minimum atomic E-state index is -3.74. The van der Waals surface area contributed by atoms with Crippen molar-refractivity contribution >= 4 is 54.8 Å². The van der Waals surface area contributed by atoms with Crippen molar-refractivity contribution < 1.29 is 17.9 Å². The number of hydrogen-bond donors (Lipinski definition) is 0. The number of aromatic nitrogens is 1. The van der Waals surface area contributed by atoms with E-state index in [1.165, 1.54) is 28.4 Å². The second-order valence-electron chi connectivity index (χ2n) is 6.98. The van der Waals surface area contributed by atoms with Crippen LogP contribution in [0.15, 0.2) is 53.4 Å². The number of carbonyl (C=O) groups excluding carboxylic acids is 1. The van der Waals surface area contributed by atoms with Crippen LogP contribution in [0.25, 0.3) is 10.2 Å². The van der Waals surface area contributed by atoms with Crippen LogP contribution in [0.2, 0.25) is 0 Å². The minimum Gasteiger partial charge on any atom is -0.494 e. The molecule has 168 valence electrons. The number of anilines is 1. The highest BCUT2D eigenvalue weighted by atomic mass is 35.5. The van der Waals surface area contributed by atoms with Crippen LogP contribution in [0, 0.1) is 0 Å². The van der Waals surface area contributed by atoms with Gasteiger partial charge in [-0.25, -0.2) is 13.4 Å². The van der Waals surface area contributed by atoms with Crippen LogP contribution >= 0.6 is 23.7 Å². The lowest BCUT2D eigenvalue weighted by Gasteiger charge is -2.22. The maximum atomic E-state index is 13.1.